The van der Waals surface area contributed by atoms with E-state index in [1.165, 1.54) is 0 Å². The van der Waals surface area contributed by atoms with E-state index < -0.39 is 10.0 Å². The first-order chi connectivity index (χ1) is 14.9. The van der Waals surface area contributed by atoms with Crippen LogP contribution in [0.2, 0.25) is 0 Å². The molecule has 1 amide bonds. The zero-order valence-electron chi connectivity index (χ0n) is 17.9. The van der Waals surface area contributed by atoms with Gasteiger partial charge in [0.15, 0.2) is 0 Å². The van der Waals surface area contributed by atoms with Gasteiger partial charge in [-0.05, 0) is 31.2 Å². The van der Waals surface area contributed by atoms with Crippen LogP contribution in [0.15, 0.2) is 36.7 Å². The molecule has 166 valence electrons. The van der Waals surface area contributed by atoms with Crippen LogP contribution in [-0.4, -0.2) is 64.5 Å². The van der Waals surface area contributed by atoms with E-state index in [4.69, 9.17) is 0 Å². The maximum absolute atomic E-state index is 13.0. The van der Waals surface area contributed by atoms with Gasteiger partial charge < -0.3 is 9.47 Å². The number of nitrogens with zero attached hydrogens (tertiary/aromatic N) is 5. The number of carbonyl (C=O) groups excluding carboxylic acids is 1. The minimum absolute atomic E-state index is 0.0276. The molecule has 5 rings (SSSR count). The molecule has 2 aliphatic heterocycles. The Bertz CT molecular complexity index is 1060. The van der Waals surface area contributed by atoms with E-state index in [9.17, 15) is 13.2 Å². The normalized spacial score (nSPS) is 24.0. The van der Waals surface area contributed by atoms with Crippen molar-refractivity contribution in [1.29, 1.82) is 0 Å². The van der Waals surface area contributed by atoms with Crippen LogP contribution >= 0.6 is 0 Å². The smallest absolute Gasteiger partial charge is 0.225 e. The summed E-state index contributed by atoms with van der Waals surface area (Å²) < 4.78 is 29.6. The van der Waals surface area contributed by atoms with Crippen LogP contribution in [0.4, 0.5) is 0 Å². The van der Waals surface area contributed by atoms with Gasteiger partial charge in [-0.3, -0.25) is 4.79 Å². The summed E-state index contributed by atoms with van der Waals surface area (Å²) in [4.78, 5) is 14.8. The summed E-state index contributed by atoms with van der Waals surface area (Å²) in [6, 6.07) is 9.33. The molecule has 1 spiro atoms. The second-order valence-electron chi connectivity index (χ2n) is 9.35. The van der Waals surface area contributed by atoms with Crippen LogP contribution in [0.1, 0.15) is 43.0 Å². The number of hydrogen-bond acceptors (Lipinski definition) is 5. The van der Waals surface area contributed by atoms with Crippen molar-refractivity contribution < 1.29 is 13.2 Å². The van der Waals surface area contributed by atoms with Gasteiger partial charge in [-0.1, -0.05) is 30.3 Å². The van der Waals surface area contributed by atoms with E-state index in [0.29, 0.717) is 26.2 Å². The first kappa shape index (κ1) is 20.6. The van der Waals surface area contributed by atoms with Gasteiger partial charge in [0, 0.05) is 50.5 Å². The fourth-order valence-electron chi connectivity index (χ4n) is 5.28. The maximum Gasteiger partial charge on any atom is 0.225 e. The highest BCUT2D eigenvalue weighted by atomic mass is 32.2. The molecule has 1 saturated carbocycles. The Morgan fingerprint density at radius 2 is 1.87 bits per heavy atom. The van der Waals surface area contributed by atoms with E-state index in [2.05, 4.69) is 10.2 Å². The highest BCUT2D eigenvalue weighted by molar-refractivity contribution is 7.88. The number of hydrogen-bond donors (Lipinski definition) is 0. The van der Waals surface area contributed by atoms with Gasteiger partial charge in [-0.15, -0.1) is 10.2 Å². The van der Waals surface area contributed by atoms with Gasteiger partial charge in [0.1, 0.15) is 12.2 Å². The molecule has 8 nitrogen and oxygen atoms in total. The van der Waals surface area contributed by atoms with Crippen LogP contribution in [0.3, 0.4) is 0 Å². The van der Waals surface area contributed by atoms with E-state index in [1.807, 2.05) is 46.8 Å². The number of benzene rings is 1. The number of rotatable bonds is 5. The number of amides is 1. The standard InChI is InChI=1S/C22H29N5O3S/c1-25-16-23-24-20(25)19-13-26(21(28)18-7-8-18)15-22(19)9-11-27(12-10-22)31(29,30)14-17-5-3-2-4-6-17/h2-6,16,18-19H,7-15H2,1H3. The van der Waals surface area contributed by atoms with Crippen molar-refractivity contribution in [3.63, 3.8) is 0 Å². The van der Waals surface area contributed by atoms with Gasteiger partial charge in [0.05, 0.1) is 5.75 Å². The summed E-state index contributed by atoms with van der Waals surface area (Å²) in [6.07, 6.45) is 5.14. The van der Waals surface area contributed by atoms with Crippen molar-refractivity contribution in [2.24, 2.45) is 18.4 Å². The molecule has 0 radical (unpaired) electrons. The lowest BCUT2D eigenvalue weighted by Gasteiger charge is -2.41. The molecular weight excluding hydrogens is 414 g/mol. The van der Waals surface area contributed by atoms with E-state index >= 15 is 0 Å². The molecule has 3 aliphatic rings. The summed E-state index contributed by atoms with van der Waals surface area (Å²) in [5.41, 5.74) is 0.659. The molecule has 2 saturated heterocycles. The van der Waals surface area contributed by atoms with Gasteiger partial charge in [0.2, 0.25) is 15.9 Å². The summed E-state index contributed by atoms with van der Waals surface area (Å²) in [6.45, 7) is 2.30. The Labute approximate surface area is 183 Å². The minimum atomic E-state index is -3.38. The largest absolute Gasteiger partial charge is 0.341 e. The third kappa shape index (κ3) is 3.89. The lowest BCUT2D eigenvalue weighted by molar-refractivity contribution is -0.132. The molecule has 31 heavy (non-hydrogen) atoms. The molecule has 1 aromatic carbocycles. The van der Waals surface area contributed by atoms with Crippen molar-refractivity contribution in [1.82, 2.24) is 24.0 Å². The summed E-state index contributed by atoms with van der Waals surface area (Å²) in [7, 11) is -1.44. The second-order valence-corrected chi connectivity index (χ2v) is 11.3. The lowest BCUT2D eigenvalue weighted by atomic mass is 9.71. The Morgan fingerprint density at radius 1 is 1.16 bits per heavy atom. The van der Waals surface area contributed by atoms with Gasteiger partial charge in [0.25, 0.3) is 0 Å². The average Bonchev–Trinajstić information content (AvgIpc) is 3.43. The maximum atomic E-state index is 13.0. The third-order valence-electron chi connectivity index (χ3n) is 7.25. The molecule has 0 bridgehead atoms. The number of aromatic nitrogens is 3. The number of aryl methyl sites for hydroxylation is 1. The zero-order valence-corrected chi connectivity index (χ0v) is 18.7. The van der Waals surface area contributed by atoms with Crippen molar-refractivity contribution in [2.75, 3.05) is 26.2 Å². The fourth-order valence-corrected chi connectivity index (χ4v) is 6.82. The molecule has 0 N–H and O–H groups in total. The van der Waals surface area contributed by atoms with Gasteiger partial charge in [-0.25, -0.2) is 12.7 Å². The monoisotopic (exact) mass is 443 g/mol. The number of likely N-dealkylation sites (tertiary alicyclic amines) is 1. The first-order valence-corrected chi connectivity index (χ1v) is 12.6. The molecule has 1 unspecified atom stereocenters. The predicted molar refractivity (Wildman–Crippen MR) is 115 cm³/mol. The van der Waals surface area contributed by atoms with E-state index in [0.717, 1.165) is 37.1 Å². The average molecular weight is 444 g/mol. The number of piperidine rings is 1. The van der Waals surface area contributed by atoms with Crippen molar-refractivity contribution in [3.8, 4) is 0 Å². The summed E-state index contributed by atoms with van der Waals surface area (Å²) in [5, 5.41) is 8.43. The van der Waals surface area contributed by atoms with Crippen LogP contribution in [0.25, 0.3) is 0 Å². The molecule has 3 fully saturated rings. The fraction of sp³-hybridized carbons (Fsp3) is 0.591. The van der Waals surface area contributed by atoms with Crippen molar-refractivity contribution in [2.45, 2.75) is 37.4 Å². The quantitative estimate of drug-likeness (QED) is 0.703. The van der Waals surface area contributed by atoms with Crippen LogP contribution in [0, 0.1) is 11.3 Å². The Kier molecular flexibility index (Phi) is 5.13. The van der Waals surface area contributed by atoms with Crippen LogP contribution in [-0.2, 0) is 27.6 Å². The van der Waals surface area contributed by atoms with E-state index in [-0.39, 0.29) is 28.9 Å². The topological polar surface area (TPSA) is 88.4 Å². The van der Waals surface area contributed by atoms with E-state index in [1.54, 1.807) is 10.6 Å². The van der Waals surface area contributed by atoms with Crippen LogP contribution in [0.5, 0.6) is 0 Å². The lowest BCUT2D eigenvalue weighted by Crippen LogP contribution is -2.46. The third-order valence-corrected chi connectivity index (χ3v) is 9.10. The van der Waals surface area contributed by atoms with Gasteiger partial charge >= 0.3 is 0 Å². The first-order valence-electron chi connectivity index (χ1n) is 11.0. The van der Waals surface area contributed by atoms with Crippen molar-refractivity contribution >= 4 is 15.9 Å². The molecule has 9 heteroatoms. The SMILES string of the molecule is Cn1cnnc1C1CN(C(=O)C2CC2)CC12CCN(S(=O)(=O)Cc1ccccc1)CC2. The summed E-state index contributed by atoms with van der Waals surface area (Å²) >= 11 is 0. The Hall–Kier alpha value is -2.26. The summed E-state index contributed by atoms with van der Waals surface area (Å²) in [5.74, 6) is 1.44. The number of sulfonamides is 1. The Balaban J connectivity index is 1.35. The predicted octanol–water partition coefficient (Wildman–Crippen LogP) is 1.76. The second kappa shape index (κ2) is 7.70. The molecule has 1 aromatic heterocycles. The van der Waals surface area contributed by atoms with Crippen LogP contribution < -0.4 is 0 Å². The highest BCUT2D eigenvalue weighted by Gasteiger charge is 2.53. The van der Waals surface area contributed by atoms with Gasteiger partial charge in [-0.2, -0.15) is 0 Å². The molecule has 2 aromatic rings. The molecule has 1 aliphatic carbocycles. The molecule has 3 heterocycles. The Morgan fingerprint density at radius 3 is 2.48 bits per heavy atom. The molecular formula is C22H29N5O3S. The zero-order chi connectivity index (χ0) is 21.6. The van der Waals surface area contributed by atoms with Crippen molar-refractivity contribution in [3.05, 3.63) is 48.0 Å². The minimum Gasteiger partial charge on any atom is -0.341 e. The number of carbonyl (C=O) groups is 1. The highest BCUT2D eigenvalue weighted by Crippen LogP contribution is 2.50. The molecule has 1 atom stereocenters.